The van der Waals surface area contributed by atoms with Gasteiger partial charge in [0.2, 0.25) is 17.0 Å². The first-order valence-electron chi connectivity index (χ1n) is 7.44. The van der Waals surface area contributed by atoms with Crippen LogP contribution >= 0.6 is 11.3 Å². The molecule has 118 valence electrons. The molecule has 2 aromatic rings. The van der Waals surface area contributed by atoms with Gasteiger partial charge in [-0.05, 0) is 20.8 Å². The zero-order chi connectivity index (χ0) is 15.5. The molecule has 3 heterocycles. The lowest BCUT2D eigenvalue weighted by atomic mass is 10.3. The Morgan fingerprint density at radius 1 is 1.09 bits per heavy atom. The summed E-state index contributed by atoms with van der Waals surface area (Å²) in [4.78, 5) is 13.5. The summed E-state index contributed by atoms with van der Waals surface area (Å²) in [6.45, 7) is 10.0. The number of nitrogens with zero attached hydrogens (tertiary/aromatic N) is 6. The molecule has 0 unspecified atom stereocenters. The van der Waals surface area contributed by atoms with Gasteiger partial charge in [0.05, 0.1) is 6.61 Å². The van der Waals surface area contributed by atoms with E-state index in [0.717, 1.165) is 48.0 Å². The first kappa shape index (κ1) is 15.0. The van der Waals surface area contributed by atoms with Gasteiger partial charge < -0.3 is 14.5 Å². The van der Waals surface area contributed by atoms with Crippen molar-refractivity contribution in [2.45, 2.75) is 20.8 Å². The minimum atomic E-state index is 0.611. The molecule has 0 saturated carbocycles. The predicted molar refractivity (Wildman–Crippen MR) is 87.0 cm³/mol. The summed E-state index contributed by atoms with van der Waals surface area (Å²) in [6, 6.07) is 1.87. The lowest BCUT2D eigenvalue weighted by Gasteiger charge is -2.34. The standard InChI is InChI=1S/C14H20N6OS/c1-4-21-12-9-10(2)15-13(16-12)19-5-7-20(8-6-19)14-18-17-11(3)22-14/h9H,4-8H2,1-3H3. The van der Waals surface area contributed by atoms with Crippen LogP contribution in [0.3, 0.4) is 0 Å². The molecule has 2 aromatic heterocycles. The minimum Gasteiger partial charge on any atom is -0.478 e. The lowest BCUT2D eigenvalue weighted by molar-refractivity contribution is 0.325. The van der Waals surface area contributed by atoms with Gasteiger partial charge in [-0.15, -0.1) is 10.2 Å². The van der Waals surface area contributed by atoms with E-state index >= 15 is 0 Å². The van der Waals surface area contributed by atoms with E-state index in [1.165, 1.54) is 0 Å². The Morgan fingerprint density at radius 3 is 2.45 bits per heavy atom. The van der Waals surface area contributed by atoms with Crippen molar-refractivity contribution in [1.29, 1.82) is 0 Å². The van der Waals surface area contributed by atoms with Crippen molar-refractivity contribution in [3.63, 3.8) is 0 Å². The van der Waals surface area contributed by atoms with E-state index in [4.69, 9.17) is 4.74 Å². The van der Waals surface area contributed by atoms with Crippen molar-refractivity contribution >= 4 is 22.4 Å². The van der Waals surface area contributed by atoms with Crippen molar-refractivity contribution in [2.75, 3.05) is 42.6 Å². The molecule has 1 saturated heterocycles. The van der Waals surface area contributed by atoms with Crippen molar-refractivity contribution in [2.24, 2.45) is 0 Å². The van der Waals surface area contributed by atoms with Gasteiger partial charge in [-0.2, -0.15) is 4.98 Å². The third-order valence-electron chi connectivity index (χ3n) is 3.46. The summed E-state index contributed by atoms with van der Waals surface area (Å²) < 4.78 is 5.51. The molecule has 7 nitrogen and oxygen atoms in total. The van der Waals surface area contributed by atoms with Gasteiger partial charge in [0.1, 0.15) is 5.01 Å². The first-order valence-corrected chi connectivity index (χ1v) is 8.26. The second-order valence-corrected chi connectivity index (χ2v) is 6.32. The molecule has 1 fully saturated rings. The Hall–Kier alpha value is -1.96. The first-order chi connectivity index (χ1) is 10.7. The number of hydrogen-bond donors (Lipinski definition) is 0. The Balaban J connectivity index is 1.68. The summed E-state index contributed by atoms with van der Waals surface area (Å²) in [5, 5.41) is 10.3. The van der Waals surface area contributed by atoms with E-state index in [1.807, 2.05) is 26.8 Å². The van der Waals surface area contributed by atoms with Crippen molar-refractivity contribution in [3.8, 4) is 5.88 Å². The Morgan fingerprint density at radius 2 is 1.82 bits per heavy atom. The van der Waals surface area contributed by atoms with Gasteiger partial charge in [-0.1, -0.05) is 11.3 Å². The number of rotatable bonds is 4. The third-order valence-corrected chi connectivity index (χ3v) is 4.36. The second-order valence-electron chi connectivity index (χ2n) is 5.16. The molecule has 1 aliphatic heterocycles. The maximum absolute atomic E-state index is 5.51. The normalized spacial score (nSPS) is 15.2. The van der Waals surface area contributed by atoms with Crippen LogP contribution in [-0.4, -0.2) is 53.0 Å². The van der Waals surface area contributed by atoms with Gasteiger partial charge in [-0.3, -0.25) is 0 Å². The number of aryl methyl sites for hydroxylation is 2. The molecule has 1 aliphatic rings. The highest BCUT2D eigenvalue weighted by molar-refractivity contribution is 7.15. The molecule has 0 atom stereocenters. The highest BCUT2D eigenvalue weighted by atomic mass is 32.1. The number of anilines is 2. The van der Waals surface area contributed by atoms with E-state index in [2.05, 4.69) is 30.0 Å². The average molecular weight is 320 g/mol. The Labute approximate surface area is 134 Å². The topological polar surface area (TPSA) is 67.3 Å². The van der Waals surface area contributed by atoms with Gasteiger partial charge in [0.15, 0.2) is 0 Å². The molecule has 8 heteroatoms. The Bertz CT molecular complexity index is 638. The monoisotopic (exact) mass is 320 g/mol. The molecule has 0 N–H and O–H groups in total. The van der Waals surface area contributed by atoms with E-state index in [-0.39, 0.29) is 0 Å². The fourth-order valence-electron chi connectivity index (χ4n) is 2.40. The quantitative estimate of drug-likeness (QED) is 0.849. The highest BCUT2D eigenvalue weighted by Crippen LogP contribution is 2.22. The summed E-state index contributed by atoms with van der Waals surface area (Å²) in [7, 11) is 0. The number of aromatic nitrogens is 4. The maximum Gasteiger partial charge on any atom is 0.228 e. The van der Waals surface area contributed by atoms with Crippen LogP contribution in [0, 0.1) is 13.8 Å². The third kappa shape index (κ3) is 3.27. The van der Waals surface area contributed by atoms with Crippen molar-refractivity contribution in [1.82, 2.24) is 20.2 Å². The molecular formula is C14H20N6OS. The lowest BCUT2D eigenvalue weighted by Crippen LogP contribution is -2.47. The molecule has 0 spiro atoms. The second kappa shape index (κ2) is 6.43. The van der Waals surface area contributed by atoms with Crippen LogP contribution < -0.4 is 14.5 Å². The SMILES string of the molecule is CCOc1cc(C)nc(N2CCN(c3nnc(C)s3)CC2)n1. The minimum absolute atomic E-state index is 0.611. The maximum atomic E-state index is 5.51. The molecule has 0 amide bonds. The van der Waals surface area contributed by atoms with E-state index < -0.39 is 0 Å². The van der Waals surface area contributed by atoms with Crippen LogP contribution in [0.5, 0.6) is 5.88 Å². The van der Waals surface area contributed by atoms with Crippen LogP contribution in [0.25, 0.3) is 0 Å². The number of piperazine rings is 1. The van der Waals surface area contributed by atoms with Gasteiger partial charge in [-0.25, -0.2) is 4.98 Å². The molecule has 0 aromatic carbocycles. The molecule has 0 aliphatic carbocycles. The fourth-order valence-corrected chi connectivity index (χ4v) is 3.14. The zero-order valence-electron chi connectivity index (χ0n) is 13.1. The molecule has 0 radical (unpaired) electrons. The zero-order valence-corrected chi connectivity index (χ0v) is 13.9. The smallest absolute Gasteiger partial charge is 0.228 e. The van der Waals surface area contributed by atoms with Gasteiger partial charge in [0, 0.05) is 37.9 Å². The van der Waals surface area contributed by atoms with E-state index in [0.29, 0.717) is 12.5 Å². The average Bonchev–Trinajstić information content (AvgIpc) is 2.94. The number of ether oxygens (including phenoxy) is 1. The summed E-state index contributed by atoms with van der Waals surface area (Å²) in [5.41, 5.74) is 0.927. The highest BCUT2D eigenvalue weighted by Gasteiger charge is 2.22. The summed E-state index contributed by atoms with van der Waals surface area (Å²) in [5.74, 6) is 1.39. The van der Waals surface area contributed by atoms with Crippen molar-refractivity contribution in [3.05, 3.63) is 16.8 Å². The van der Waals surface area contributed by atoms with Crippen molar-refractivity contribution < 1.29 is 4.74 Å². The summed E-state index contributed by atoms with van der Waals surface area (Å²) >= 11 is 1.64. The Kier molecular flexibility index (Phi) is 4.37. The fraction of sp³-hybridized carbons (Fsp3) is 0.571. The van der Waals surface area contributed by atoms with Crippen LogP contribution in [-0.2, 0) is 0 Å². The van der Waals surface area contributed by atoms with Crippen LogP contribution in [0.2, 0.25) is 0 Å². The van der Waals surface area contributed by atoms with Gasteiger partial charge >= 0.3 is 0 Å². The molecule has 3 rings (SSSR count). The number of hydrogen-bond acceptors (Lipinski definition) is 8. The largest absolute Gasteiger partial charge is 0.478 e. The van der Waals surface area contributed by atoms with Crippen LogP contribution in [0.15, 0.2) is 6.07 Å². The molecule has 0 bridgehead atoms. The van der Waals surface area contributed by atoms with Gasteiger partial charge in [0.25, 0.3) is 0 Å². The predicted octanol–water partition coefficient (Wildman–Crippen LogP) is 1.67. The summed E-state index contributed by atoms with van der Waals surface area (Å²) in [6.07, 6.45) is 0. The van der Waals surface area contributed by atoms with E-state index in [9.17, 15) is 0 Å². The van der Waals surface area contributed by atoms with Crippen LogP contribution in [0.4, 0.5) is 11.1 Å². The van der Waals surface area contributed by atoms with E-state index in [1.54, 1.807) is 11.3 Å². The van der Waals surface area contributed by atoms with Crippen LogP contribution in [0.1, 0.15) is 17.6 Å². The molecule has 22 heavy (non-hydrogen) atoms. The molecular weight excluding hydrogens is 300 g/mol.